The molecular formula is C14H11ClN2O4. The topological polar surface area (TPSA) is 98.7 Å². The molecule has 2 rings (SSSR count). The summed E-state index contributed by atoms with van der Waals surface area (Å²) in [7, 11) is 0. The third-order valence-corrected chi connectivity index (χ3v) is 2.80. The average molecular weight is 307 g/mol. The molecule has 6 nitrogen and oxygen atoms in total. The lowest BCUT2D eigenvalue weighted by Crippen LogP contribution is -2.20. The third kappa shape index (κ3) is 3.87. The van der Waals surface area contributed by atoms with Crippen molar-refractivity contribution in [1.29, 1.82) is 0 Å². The highest BCUT2D eigenvalue weighted by Crippen LogP contribution is 2.22. The monoisotopic (exact) mass is 306 g/mol. The van der Waals surface area contributed by atoms with Crippen LogP contribution in [-0.4, -0.2) is 22.2 Å². The standard InChI is InChI=1S/C14H11ClN2O4/c15-8-2-1-3-9(6-8)16-14(21)17-12-5-4-10(18)7-11(12)13(19)20/h1-7,18H,(H,19,20)(H2,16,17,21). The van der Waals surface area contributed by atoms with Gasteiger partial charge in [0.15, 0.2) is 0 Å². The minimum atomic E-state index is -1.26. The predicted molar refractivity (Wildman–Crippen MR) is 79.2 cm³/mol. The maximum atomic E-state index is 11.8. The first-order chi connectivity index (χ1) is 9.95. The third-order valence-electron chi connectivity index (χ3n) is 2.56. The summed E-state index contributed by atoms with van der Waals surface area (Å²) >= 11 is 5.80. The Bertz CT molecular complexity index is 703. The average Bonchev–Trinajstić information content (AvgIpc) is 2.40. The number of halogens is 1. The molecule has 0 spiro atoms. The van der Waals surface area contributed by atoms with Gasteiger partial charge in [-0.25, -0.2) is 9.59 Å². The summed E-state index contributed by atoms with van der Waals surface area (Å²) in [6, 6.07) is 9.53. The number of aromatic hydroxyl groups is 1. The van der Waals surface area contributed by atoms with Gasteiger partial charge in [-0.1, -0.05) is 17.7 Å². The van der Waals surface area contributed by atoms with Crippen molar-refractivity contribution >= 4 is 35.0 Å². The number of carbonyl (C=O) groups is 2. The van der Waals surface area contributed by atoms with Crippen LogP contribution >= 0.6 is 11.6 Å². The molecule has 0 aliphatic carbocycles. The van der Waals surface area contributed by atoms with Crippen LogP contribution in [0.25, 0.3) is 0 Å². The Kier molecular flexibility index (Phi) is 4.30. The summed E-state index contributed by atoms with van der Waals surface area (Å²) in [6.07, 6.45) is 0. The van der Waals surface area contributed by atoms with Crippen molar-refractivity contribution in [3.63, 3.8) is 0 Å². The summed E-state index contributed by atoms with van der Waals surface area (Å²) in [5.74, 6) is -1.46. The van der Waals surface area contributed by atoms with Crippen LogP contribution in [0.4, 0.5) is 16.2 Å². The molecule has 0 fully saturated rings. The molecule has 0 aliphatic heterocycles. The van der Waals surface area contributed by atoms with Crippen molar-refractivity contribution < 1.29 is 19.8 Å². The zero-order valence-corrected chi connectivity index (χ0v) is 11.4. The molecule has 0 unspecified atom stereocenters. The number of rotatable bonds is 3. The van der Waals surface area contributed by atoms with Gasteiger partial charge in [0.25, 0.3) is 0 Å². The lowest BCUT2D eigenvalue weighted by molar-refractivity contribution is 0.0697. The number of benzene rings is 2. The van der Waals surface area contributed by atoms with Crippen molar-refractivity contribution in [3.05, 3.63) is 53.1 Å². The van der Waals surface area contributed by atoms with Crippen molar-refractivity contribution in [1.82, 2.24) is 0 Å². The van der Waals surface area contributed by atoms with Gasteiger partial charge in [-0.3, -0.25) is 0 Å². The van der Waals surface area contributed by atoms with E-state index in [-0.39, 0.29) is 17.0 Å². The number of anilines is 2. The lowest BCUT2D eigenvalue weighted by atomic mass is 10.1. The summed E-state index contributed by atoms with van der Waals surface area (Å²) in [5.41, 5.74) is 0.326. The highest BCUT2D eigenvalue weighted by atomic mass is 35.5. The summed E-state index contributed by atoms with van der Waals surface area (Å²) in [5, 5.41) is 23.7. The van der Waals surface area contributed by atoms with E-state index in [1.807, 2.05) is 0 Å². The van der Waals surface area contributed by atoms with Gasteiger partial charge in [-0.05, 0) is 36.4 Å². The van der Waals surface area contributed by atoms with Gasteiger partial charge in [0.1, 0.15) is 5.75 Å². The van der Waals surface area contributed by atoms with E-state index in [4.69, 9.17) is 16.7 Å². The Labute approximate surface area is 125 Å². The zero-order chi connectivity index (χ0) is 15.4. The Morgan fingerprint density at radius 1 is 1.05 bits per heavy atom. The smallest absolute Gasteiger partial charge is 0.337 e. The van der Waals surface area contributed by atoms with E-state index in [0.29, 0.717) is 10.7 Å². The maximum absolute atomic E-state index is 11.8. The largest absolute Gasteiger partial charge is 0.508 e. The number of phenolic OH excluding ortho intramolecular Hbond substituents is 1. The van der Waals surface area contributed by atoms with E-state index in [1.165, 1.54) is 12.1 Å². The molecular weight excluding hydrogens is 296 g/mol. The number of hydrogen-bond donors (Lipinski definition) is 4. The molecule has 2 aromatic rings. The predicted octanol–water partition coefficient (Wildman–Crippen LogP) is 3.39. The number of phenols is 1. The molecule has 2 amide bonds. The van der Waals surface area contributed by atoms with Crippen LogP contribution in [0.2, 0.25) is 5.02 Å². The Balaban J connectivity index is 2.15. The summed E-state index contributed by atoms with van der Waals surface area (Å²) < 4.78 is 0. The lowest BCUT2D eigenvalue weighted by Gasteiger charge is -2.10. The first-order valence-corrected chi connectivity index (χ1v) is 6.23. The number of aromatic carboxylic acids is 1. The fourth-order valence-corrected chi connectivity index (χ4v) is 1.86. The Morgan fingerprint density at radius 3 is 2.48 bits per heavy atom. The zero-order valence-electron chi connectivity index (χ0n) is 10.6. The van der Waals surface area contributed by atoms with E-state index in [0.717, 1.165) is 6.07 Å². The van der Waals surface area contributed by atoms with Gasteiger partial charge in [-0.15, -0.1) is 0 Å². The first kappa shape index (κ1) is 14.7. The van der Waals surface area contributed by atoms with Crippen LogP contribution < -0.4 is 10.6 Å². The molecule has 21 heavy (non-hydrogen) atoms. The normalized spacial score (nSPS) is 9.95. The van der Waals surface area contributed by atoms with E-state index >= 15 is 0 Å². The van der Waals surface area contributed by atoms with Crippen LogP contribution in [0.1, 0.15) is 10.4 Å². The summed E-state index contributed by atoms with van der Waals surface area (Å²) in [6.45, 7) is 0. The number of amides is 2. The number of urea groups is 1. The van der Waals surface area contributed by atoms with Crippen molar-refractivity contribution in [2.45, 2.75) is 0 Å². The Hall–Kier alpha value is -2.73. The van der Waals surface area contributed by atoms with Crippen molar-refractivity contribution in [2.24, 2.45) is 0 Å². The maximum Gasteiger partial charge on any atom is 0.337 e. The molecule has 2 aromatic carbocycles. The highest BCUT2D eigenvalue weighted by molar-refractivity contribution is 6.30. The fraction of sp³-hybridized carbons (Fsp3) is 0. The second-order valence-corrected chi connectivity index (χ2v) is 4.56. The molecule has 0 atom stereocenters. The van der Waals surface area contributed by atoms with Crippen LogP contribution in [-0.2, 0) is 0 Å². The molecule has 4 N–H and O–H groups in total. The van der Waals surface area contributed by atoms with Crippen LogP contribution in [0.15, 0.2) is 42.5 Å². The van der Waals surface area contributed by atoms with E-state index < -0.39 is 12.0 Å². The molecule has 0 heterocycles. The minimum absolute atomic E-state index is 0.0693. The van der Waals surface area contributed by atoms with Gasteiger partial charge in [0.05, 0.1) is 11.3 Å². The second-order valence-electron chi connectivity index (χ2n) is 4.12. The van der Waals surface area contributed by atoms with E-state index in [1.54, 1.807) is 24.3 Å². The molecule has 0 saturated heterocycles. The number of hydrogen-bond acceptors (Lipinski definition) is 3. The van der Waals surface area contributed by atoms with Crippen molar-refractivity contribution in [3.8, 4) is 5.75 Å². The molecule has 7 heteroatoms. The van der Waals surface area contributed by atoms with Gasteiger partial charge in [0, 0.05) is 10.7 Å². The summed E-state index contributed by atoms with van der Waals surface area (Å²) in [4.78, 5) is 22.9. The number of carboxylic acids is 1. The van der Waals surface area contributed by atoms with Crippen LogP contribution in [0, 0.1) is 0 Å². The van der Waals surface area contributed by atoms with Crippen LogP contribution in [0.3, 0.4) is 0 Å². The molecule has 0 aliphatic rings. The van der Waals surface area contributed by atoms with E-state index in [9.17, 15) is 14.7 Å². The highest BCUT2D eigenvalue weighted by Gasteiger charge is 2.13. The minimum Gasteiger partial charge on any atom is -0.508 e. The van der Waals surface area contributed by atoms with Crippen molar-refractivity contribution in [2.75, 3.05) is 10.6 Å². The molecule has 0 saturated carbocycles. The molecule has 0 aromatic heterocycles. The second kappa shape index (κ2) is 6.15. The molecule has 0 bridgehead atoms. The number of nitrogens with one attached hydrogen (secondary N) is 2. The number of carbonyl (C=O) groups excluding carboxylic acids is 1. The van der Waals surface area contributed by atoms with Gasteiger partial charge < -0.3 is 20.8 Å². The van der Waals surface area contributed by atoms with Crippen LogP contribution in [0.5, 0.6) is 5.75 Å². The van der Waals surface area contributed by atoms with Gasteiger partial charge in [0.2, 0.25) is 0 Å². The molecule has 108 valence electrons. The Morgan fingerprint density at radius 2 is 1.81 bits per heavy atom. The molecule has 0 radical (unpaired) electrons. The SMILES string of the molecule is O=C(Nc1cccc(Cl)c1)Nc1ccc(O)cc1C(=O)O. The van der Waals surface area contributed by atoms with Gasteiger partial charge >= 0.3 is 12.0 Å². The fourth-order valence-electron chi connectivity index (χ4n) is 1.67. The first-order valence-electron chi connectivity index (χ1n) is 5.85. The van der Waals surface area contributed by atoms with E-state index in [2.05, 4.69) is 10.6 Å². The van der Waals surface area contributed by atoms with Gasteiger partial charge in [-0.2, -0.15) is 0 Å². The quantitative estimate of drug-likeness (QED) is 0.653. The number of carboxylic acid groups (broad SMARTS) is 1.